The van der Waals surface area contributed by atoms with Crippen LogP contribution in [0.3, 0.4) is 0 Å². The third-order valence-electron chi connectivity index (χ3n) is 20.3. The minimum atomic E-state index is -2.06. The van der Waals surface area contributed by atoms with Crippen molar-refractivity contribution >= 4 is 136 Å². The molecule has 20 amide bonds. The van der Waals surface area contributed by atoms with E-state index in [-0.39, 0.29) is 108 Å². The average Bonchev–Trinajstić information content (AvgIpc) is 1.11. The first-order valence-electron chi connectivity index (χ1n) is 43.4. The fourth-order valence-corrected chi connectivity index (χ4v) is 12.9. The van der Waals surface area contributed by atoms with E-state index in [1.165, 1.54) is 26.4 Å². The first-order chi connectivity index (χ1) is 63.0. The lowest BCUT2D eigenvalue weighted by atomic mass is 9.96. The number of aromatic amines is 1. The van der Waals surface area contributed by atoms with Crippen LogP contribution in [0.2, 0.25) is 0 Å². The number of nitrogens with two attached hydrogens (primary N) is 9. The van der Waals surface area contributed by atoms with Gasteiger partial charge in [0.1, 0.15) is 84.6 Å². The van der Waals surface area contributed by atoms with Gasteiger partial charge >= 0.3 is 5.97 Å². The standard InChI is InChI=1S/C81H134N30O23/c1-8-41(6)64(78(132)103-49(79(133)134)20-15-27-95-81(91)92)111-70(124)48(22-24-59(85)114)102-75(129)55(33-61(87)116)109-76(130)56(34-62(88)117)108-73(127)51(29-40(4)5)106-69(123)47(21-23-58(84)113)101-72(126)50(28-39(2)3)104-65(119)42(7)98-71(125)53(31-44-35-93-38-97-44)107-77(131)57(37-112)110-68(122)46(19-12-13-25-82)100-74(128)52(30-43-16-10-9-11-17-43)99-63(118)36-96-67(121)54(32-60(86)115)105-66(120)45(83)18-14-26-94-80(89)90/h9-11,16-17,35,38-42,45-57,64,112H,8,12-15,18-34,36-37,82-83H2,1-7H3,(H2,84,113)(H2,85,114)(H2,86,115)(H2,87,116)(H2,88,117)(H,93,97)(H,96,121)(H,98,125)(H,99,118)(H,100,128)(H,101,126)(H,102,129)(H,103,132)(H,104,119)(H,105,120)(H,106,123)(H,107,131)(H,108,127)(H,109,130)(H,110,122)(H,111,124)(H,133,134)(H4,89,90,94)(H4,91,92,95)/t41-,42-,45-,46-,47-,48-,49-,50-,51-,52-,53-,54-,55-,56-,57-,64-/m0/s1. The van der Waals surface area contributed by atoms with Gasteiger partial charge in [0.05, 0.1) is 44.8 Å². The molecule has 53 heteroatoms. The average molecular weight is 1900 g/mol. The summed E-state index contributed by atoms with van der Waals surface area (Å²) >= 11 is 0. The van der Waals surface area contributed by atoms with Crippen LogP contribution in [0, 0.1) is 28.6 Å². The number of aliphatic hydroxyl groups excluding tert-OH is 1. The number of carboxylic acids is 1. The molecular weight excluding hydrogens is 1760 g/mol. The number of aliphatic hydroxyl groups is 1. The Kier molecular flexibility index (Phi) is 52.4. The maximum absolute atomic E-state index is 14.5. The van der Waals surface area contributed by atoms with Crippen molar-refractivity contribution in [2.24, 2.45) is 69.4 Å². The summed E-state index contributed by atoms with van der Waals surface area (Å²) in [6, 6.07) is -16.7. The van der Waals surface area contributed by atoms with Crippen LogP contribution in [0.25, 0.3) is 0 Å². The third kappa shape index (κ3) is 46.0. The molecule has 1 aromatic carbocycles. The molecule has 0 saturated carbocycles. The van der Waals surface area contributed by atoms with E-state index >= 15 is 0 Å². The highest BCUT2D eigenvalue weighted by molar-refractivity contribution is 6.02. The van der Waals surface area contributed by atoms with Crippen LogP contribution in [0.15, 0.2) is 42.9 Å². The number of H-pyrrole nitrogens is 1. The lowest BCUT2D eigenvalue weighted by molar-refractivity contribution is -0.143. The van der Waals surface area contributed by atoms with Gasteiger partial charge in [-0.2, -0.15) is 0 Å². The van der Waals surface area contributed by atoms with E-state index in [0.29, 0.717) is 12.0 Å². The van der Waals surface area contributed by atoms with Gasteiger partial charge in [-0.25, -0.2) is 9.78 Å². The molecule has 2 rings (SSSR count). The number of rotatable bonds is 66. The summed E-state index contributed by atoms with van der Waals surface area (Å²) < 4.78 is 0. The molecule has 2 aromatic rings. The number of carboxylic acid groups (broad SMARTS) is 1. The highest BCUT2D eigenvalue weighted by Gasteiger charge is 2.40. The number of imidazole rings is 1. The van der Waals surface area contributed by atoms with E-state index in [1.807, 2.05) is 0 Å². The summed E-state index contributed by atoms with van der Waals surface area (Å²) in [6.07, 6.45) is -2.73. The van der Waals surface area contributed by atoms with Gasteiger partial charge in [0.15, 0.2) is 11.9 Å². The maximum atomic E-state index is 14.5. The predicted molar refractivity (Wildman–Crippen MR) is 479 cm³/mol. The topological polar surface area (TPSA) is 914 Å². The summed E-state index contributed by atoms with van der Waals surface area (Å²) in [6.45, 7) is 9.30. The number of primary amides is 5. The van der Waals surface area contributed by atoms with Crippen LogP contribution in [0.4, 0.5) is 0 Å². The molecule has 0 unspecified atom stereocenters. The Morgan fingerprint density at radius 2 is 0.791 bits per heavy atom. The number of nitrogens with one attached hydrogen (secondary N) is 20. The van der Waals surface area contributed by atoms with E-state index in [4.69, 9.17) is 62.4 Å². The van der Waals surface area contributed by atoms with Gasteiger partial charge < -0.3 is 157 Å². The summed E-state index contributed by atoms with van der Waals surface area (Å²) in [4.78, 5) is 292. The van der Waals surface area contributed by atoms with Gasteiger partial charge in [-0.1, -0.05) is 78.3 Å². The first kappa shape index (κ1) is 116. The van der Waals surface area contributed by atoms with Crippen LogP contribution in [0.5, 0.6) is 0 Å². The van der Waals surface area contributed by atoms with Crippen molar-refractivity contribution in [1.82, 2.24) is 100 Å². The second-order valence-electron chi connectivity index (χ2n) is 32.7. The van der Waals surface area contributed by atoms with Gasteiger partial charge in [-0.3, -0.25) is 107 Å². The molecule has 0 fully saturated rings. The lowest BCUT2D eigenvalue weighted by Crippen LogP contribution is -2.61. The molecule has 0 aliphatic rings. The minimum absolute atomic E-state index is 0.0657. The fraction of sp³-hybridized carbons (Fsp3) is 0.605. The van der Waals surface area contributed by atoms with Crippen molar-refractivity contribution in [3.63, 3.8) is 0 Å². The molecule has 40 N–H and O–H groups in total. The molecular formula is C81H134N30O23. The van der Waals surface area contributed by atoms with Crippen LogP contribution < -0.4 is 142 Å². The number of nitrogens with zero attached hydrogens (tertiary/aromatic N) is 1. The molecule has 0 bridgehead atoms. The zero-order valence-electron chi connectivity index (χ0n) is 76.0. The zero-order chi connectivity index (χ0) is 101. The van der Waals surface area contributed by atoms with Crippen molar-refractivity contribution in [2.45, 2.75) is 261 Å². The number of guanidine groups is 2. The Labute approximate surface area is 772 Å². The van der Waals surface area contributed by atoms with Crippen LogP contribution >= 0.6 is 0 Å². The minimum Gasteiger partial charge on any atom is -0.480 e. The molecule has 0 aliphatic heterocycles. The number of aromatic nitrogens is 2. The fourth-order valence-electron chi connectivity index (χ4n) is 12.9. The Morgan fingerprint density at radius 1 is 0.403 bits per heavy atom. The highest BCUT2D eigenvalue weighted by atomic mass is 16.4. The highest BCUT2D eigenvalue weighted by Crippen LogP contribution is 2.16. The summed E-state index contributed by atoms with van der Waals surface area (Å²) in [5.41, 5.74) is 50.4. The Bertz CT molecular complexity index is 4350. The molecule has 1 heterocycles. The van der Waals surface area contributed by atoms with Crippen molar-refractivity contribution in [3.8, 4) is 0 Å². The molecule has 0 aliphatic carbocycles. The SMILES string of the molecule is CC[C@H](C)[C@H](NC(=O)[C@H](CCC(N)=O)NC(=O)[C@H](CC(N)=O)NC(=O)[C@H](CC(N)=O)NC(=O)[C@H](CC(C)C)NC(=O)[C@H](CCC(N)=O)NC(=O)[C@H](CC(C)C)NC(=O)[C@H](C)NC(=O)[C@H](Cc1cnc[nH]1)NC(=O)[C@H](CO)NC(=O)[C@H](CCCCN)NC(=O)[C@H](Cc1ccccc1)NC(=O)CNC(=O)[C@H](CC(N)=O)NC(=O)[C@@H](N)CCCNC(=N)N)C(=O)N[C@@H](CCCNC(=N)N)C(=O)O. The first-order valence-corrected chi connectivity index (χ1v) is 43.4. The quantitative estimate of drug-likeness (QED) is 0.0166. The van der Waals surface area contributed by atoms with Gasteiger partial charge in [-0.05, 0) is 107 Å². The molecule has 746 valence electrons. The largest absolute Gasteiger partial charge is 0.480 e. The Morgan fingerprint density at radius 3 is 1.24 bits per heavy atom. The zero-order valence-corrected chi connectivity index (χ0v) is 76.0. The van der Waals surface area contributed by atoms with E-state index in [2.05, 4.69) is 100 Å². The van der Waals surface area contributed by atoms with Crippen molar-refractivity contribution in [2.75, 3.05) is 32.8 Å². The number of carbonyl (C=O) groups is 21. The van der Waals surface area contributed by atoms with Gasteiger partial charge in [0, 0.05) is 50.7 Å². The molecule has 53 nitrogen and oxygen atoms in total. The predicted octanol–water partition coefficient (Wildman–Crippen LogP) is -11.5. The summed E-state index contributed by atoms with van der Waals surface area (Å²) in [7, 11) is 0. The van der Waals surface area contributed by atoms with E-state index in [0.717, 1.165) is 0 Å². The van der Waals surface area contributed by atoms with E-state index < -0.39 is 291 Å². The number of hydrogen-bond donors (Lipinski definition) is 31. The second-order valence-corrected chi connectivity index (χ2v) is 32.7. The molecule has 134 heavy (non-hydrogen) atoms. The van der Waals surface area contributed by atoms with Gasteiger partial charge in [-0.15, -0.1) is 0 Å². The summed E-state index contributed by atoms with van der Waals surface area (Å²) in [5.74, 6) is -25.7. The normalized spacial score (nSPS) is 14.6. The number of amides is 20. The summed E-state index contributed by atoms with van der Waals surface area (Å²) in [5, 5.41) is 76.2. The van der Waals surface area contributed by atoms with Crippen LogP contribution in [0.1, 0.15) is 169 Å². The number of aliphatic carboxylic acids is 1. The van der Waals surface area contributed by atoms with Gasteiger partial charge in [0.2, 0.25) is 118 Å². The number of benzene rings is 1. The Hall–Kier alpha value is -14.3. The smallest absolute Gasteiger partial charge is 0.326 e. The molecule has 1 aromatic heterocycles. The maximum Gasteiger partial charge on any atom is 0.326 e. The van der Waals surface area contributed by atoms with Crippen molar-refractivity contribution in [1.29, 1.82) is 10.8 Å². The van der Waals surface area contributed by atoms with Crippen LogP contribution in [-0.4, -0.2) is 280 Å². The number of unbranched alkanes of at least 4 members (excludes halogenated alkanes) is 1. The van der Waals surface area contributed by atoms with E-state index in [1.54, 1.807) is 65.0 Å². The Balaban J connectivity index is 2.47. The van der Waals surface area contributed by atoms with Crippen molar-refractivity contribution < 1.29 is 111 Å². The molecule has 0 radical (unpaired) electrons. The third-order valence-corrected chi connectivity index (χ3v) is 20.3. The van der Waals surface area contributed by atoms with E-state index in [9.17, 15) is 111 Å². The van der Waals surface area contributed by atoms with Gasteiger partial charge in [0.25, 0.3) is 0 Å². The monoisotopic (exact) mass is 1900 g/mol. The van der Waals surface area contributed by atoms with Crippen LogP contribution in [-0.2, 0) is 114 Å². The number of hydrogen-bond acceptors (Lipinski definition) is 27. The lowest BCUT2D eigenvalue weighted by Gasteiger charge is -2.29. The van der Waals surface area contributed by atoms with Crippen molar-refractivity contribution in [3.05, 3.63) is 54.1 Å². The molecule has 0 spiro atoms. The molecule has 16 atom stereocenters. The number of carbonyl (C=O) groups excluding carboxylic acids is 20. The molecule has 0 saturated heterocycles. The second kappa shape index (κ2) is 60.6.